The molecule has 126 valence electrons. The van der Waals surface area contributed by atoms with Crippen molar-refractivity contribution in [2.45, 2.75) is 12.3 Å². The molecule has 25 heavy (non-hydrogen) atoms. The standard InChI is InChI=1S/C18H14N2O5/c1-2-25-17(22)18(12-19,13-8-4-3-5-9-13)16(21)14-10-6-7-11-15(14)20(23)24/h3-11H,2H2,1H3/t18-/m0/s1. The minimum Gasteiger partial charge on any atom is -0.464 e. The third-order valence-corrected chi connectivity index (χ3v) is 3.64. The third-order valence-electron chi connectivity index (χ3n) is 3.64. The molecule has 0 bridgehead atoms. The highest BCUT2D eigenvalue weighted by molar-refractivity contribution is 6.21. The van der Waals surface area contributed by atoms with Crippen LogP contribution in [0.5, 0.6) is 0 Å². The Morgan fingerprint density at radius 2 is 1.76 bits per heavy atom. The van der Waals surface area contributed by atoms with E-state index >= 15 is 0 Å². The first kappa shape index (κ1) is 17.8. The maximum absolute atomic E-state index is 13.1. The van der Waals surface area contributed by atoms with E-state index in [2.05, 4.69) is 0 Å². The molecule has 0 amide bonds. The number of carbonyl (C=O) groups excluding carboxylic acids is 2. The number of nitro benzene ring substituents is 1. The molecule has 0 unspecified atom stereocenters. The zero-order valence-corrected chi connectivity index (χ0v) is 13.3. The second kappa shape index (κ2) is 7.36. The summed E-state index contributed by atoms with van der Waals surface area (Å²) in [5.74, 6) is -2.06. The summed E-state index contributed by atoms with van der Waals surface area (Å²) in [6.07, 6.45) is 0. The van der Waals surface area contributed by atoms with Gasteiger partial charge in [-0.25, -0.2) is 4.79 Å². The molecule has 0 N–H and O–H groups in total. The number of rotatable bonds is 6. The van der Waals surface area contributed by atoms with Gasteiger partial charge < -0.3 is 4.74 Å². The fourth-order valence-corrected chi connectivity index (χ4v) is 2.46. The smallest absolute Gasteiger partial charge is 0.339 e. The summed E-state index contributed by atoms with van der Waals surface area (Å²) in [5.41, 5.74) is -3.03. The number of hydrogen-bond acceptors (Lipinski definition) is 6. The number of ether oxygens (including phenoxy) is 1. The Kier molecular flexibility index (Phi) is 5.25. The molecular formula is C18H14N2O5. The maximum Gasteiger partial charge on any atom is 0.339 e. The van der Waals surface area contributed by atoms with Gasteiger partial charge in [0.2, 0.25) is 11.2 Å². The van der Waals surface area contributed by atoms with Crippen LogP contribution in [0.2, 0.25) is 0 Å². The molecule has 0 aliphatic carbocycles. The second-order valence-corrected chi connectivity index (χ2v) is 5.05. The van der Waals surface area contributed by atoms with Crippen molar-refractivity contribution in [3.05, 3.63) is 75.8 Å². The van der Waals surface area contributed by atoms with Gasteiger partial charge in [0.1, 0.15) is 0 Å². The van der Waals surface area contributed by atoms with Crippen LogP contribution >= 0.6 is 0 Å². The van der Waals surface area contributed by atoms with Crippen molar-refractivity contribution in [3.63, 3.8) is 0 Å². The van der Waals surface area contributed by atoms with E-state index in [9.17, 15) is 25.0 Å². The van der Waals surface area contributed by atoms with Gasteiger partial charge in [0.05, 0.1) is 23.2 Å². The Hall–Kier alpha value is -3.53. The van der Waals surface area contributed by atoms with Crippen LogP contribution in [-0.2, 0) is 14.9 Å². The van der Waals surface area contributed by atoms with Gasteiger partial charge in [0.15, 0.2) is 0 Å². The number of nitrogens with zero attached hydrogens (tertiary/aromatic N) is 2. The minimum absolute atomic E-state index is 0.0424. The maximum atomic E-state index is 13.1. The number of ketones is 1. The first-order chi connectivity index (χ1) is 12.0. The molecule has 0 heterocycles. The average molecular weight is 338 g/mol. The fourth-order valence-electron chi connectivity index (χ4n) is 2.46. The van der Waals surface area contributed by atoms with Crippen molar-refractivity contribution < 1.29 is 19.2 Å². The average Bonchev–Trinajstić information content (AvgIpc) is 2.63. The van der Waals surface area contributed by atoms with E-state index in [0.717, 1.165) is 6.07 Å². The van der Waals surface area contributed by atoms with Crippen LogP contribution in [-0.4, -0.2) is 23.3 Å². The lowest BCUT2D eigenvalue weighted by molar-refractivity contribution is -0.385. The van der Waals surface area contributed by atoms with Gasteiger partial charge in [0.25, 0.3) is 5.69 Å². The molecule has 2 aromatic rings. The Morgan fingerprint density at radius 1 is 1.16 bits per heavy atom. The Balaban J connectivity index is 2.73. The summed E-state index contributed by atoms with van der Waals surface area (Å²) in [5, 5.41) is 21.0. The van der Waals surface area contributed by atoms with Crippen LogP contribution in [0.25, 0.3) is 0 Å². The van der Waals surface area contributed by atoms with Crippen molar-refractivity contribution in [1.82, 2.24) is 0 Å². The van der Waals surface area contributed by atoms with Crippen molar-refractivity contribution in [2.24, 2.45) is 0 Å². The van der Waals surface area contributed by atoms with Gasteiger partial charge in [0, 0.05) is 6.07 Å². The quantitative estimate of drug-likeness (QED) is 0.263. The Labute approximate surface area is 143 Å². The lowest BCUT2D eigenvalue weighted by atomic mass is 9.75. The van der Waals surface area contributed by atoms with Crippen molar-refractivity contribution in [2.75, 3.05) is 6.61 Å². The molecule has 0 aliphatic rings. The predicted molar refractivity (Wildman–Crippen MR) is 87.8 cm³/mol. The number of Topliss-reactive ketones (excluding diaryl/α,β-unsaturated/α-hetero) is 1. The molecule has 0 aliphatic heterocycles. The van der Waals surface area contributed by atoms with Gasteiger partial charge >= 0.3 is 5.97 Å². The van der Waals surface area contributed by atoms with E-state index < -0.39 is 27.8 Å². The van der Waals surface area contributed by atoms with E-state index in [0.29, 0.717) is 0 Å². The molecule has 7 nitrogen and oxygen atoms in total. The lowest BCUT2D eigenvalue weighted by Crippen LogP contribution is -2.44. The third kappa shape index (κ3) is 3.10. The van der Waals surface area contributed by atoms with Gasteiger partial charge in [-0.15, -0.1) is 0 Å². The van der Waals surface area contributed by atoms with Crippen LogP contribution in [0, 0.1) is 21.4 Å². The normalized spacial score (nSPS) is 12.5. The Bertz CT molecular complexity index is 857. The number of para-hydroxylation sites is 1. The largest absolute Gasteiger partial charge is 0.464 e. The summed E-state index contributed by atoms with van der Waals surface area (Å²) in [6.45, 7) is 1.50. The molecule has 0 spiro atoms. The van der Waals surface area contributed by atoms with E-state index in [1.54, 1.807) is 31.2 Å². The highest BCUT2D eigenvalue weighted by atomic mass is 16.6. The number of carbonyl (C=O) groups is 2. The van der Waals surface area contributed by atoms with Gasteiger partial charge in [-0.1, -0.05) is 42.5 Å². The van der Waals surface area contributed by atoms with E-state index in [1.807, 2.05) is 0 Å². The predicted octanol–water partition coefficient (Wildman–Crippen LogP) is 2.80. The SMILES string of the molecule is CCOC(=O)[C@](C#N)(C(=O)c1ccccc1[N+](=O)[O-])c1ccccc1. The molecule has 0 fully saturated rings. The highest BCUT2D eigenvalue weighted by Crippen LogP contribution is 2.33. The zero-order chi connectivity index (χ0) is 18.4. The Morgan fingerprint density at radius 3 is 2.32 bits per heavy atom. The summed E-state index contributed by atoms with van der Waals surface area (Å²) in [6, 6.07) is 14.6. The number of benzene rings is 2. The number of nitro groups is 1. The van der Waals surface area contributed by atoms with Crippen LogP contribution in [0.4, 0.5) is 5.69 Å². The number of esters is 1. The summed E-state index contributed by atoms with van der Waals surface area (Å²) >= 11 is 0. The molecular weight excluding hydrogens is 324 g/mol. The van der Waals surface area contributed by atoms with Crippen LogP contribution in [0.15, 0.2) is 54.6 Å². The van der Waals surface area contributed by atoms with Crippen LogP contribution in [0.3, 0.4) is 0 Å². The lowest BCUT2D eigenvalue weighted by Gasteiger charge is -2.23. The first-order valence-electron chi connectivity index (χ1n) is 7.41. The van der Waals surface area contributed by atoms with Crippen LogP contribution in [0.1, 0.15) is 22.8 Å². The van der Waals surface area contributed by atoms with Gasteiger partial charge in [-0.3, -0.25) is 14.9 Å². The summed E-state index contributed by atoms with van der Waals surface area (Å²) in [4.78, 5) is 36.2. The second-order valence-electron chi connectivity index (χ2n) is 5.05. The number of hydrogen-bond donors (Lipinski definition) is 0. The van der Waals surface area contributed by atoms with E-state index in [1.165, 1.54) is 30.3 Å². The molecule has 0 saturated heterocycles. The first-order valence-corrected chi connectivity index (χ1v) is 7.41. The topological polar surface area (TPSA) is 110 Å². The van der Waals surface area contributed by atoms with Gasteiger partial charge in [-0.05, 0) is 18.6 Å². The van der Waals surface area contributed by atoms with E-state index in [-0.39, 0.29) is 17.7 Å². The van der Waals surface area contributed by atoms with Crippen molar-refractivity contribution >= 4 is 17.4 Å². The monoisotopic (exact) mass is 338 g/mol. The number of nitriles is 1. The molecule has 2 aromatic carbocycles. The summed E-state index contributed by atoms with van der Waals surface area (Å²) in [7, 11) is 0. The van der Waals surface area contributed by atoms with Gasteiger partial charge in [-0.2, -0.15) is 5.26 Å². The molecule has 7 heteroatoms. The molecule has 2 rings (SSSR count). The highest BCUT2D eigenvalue weighted by Gasteiger charge is 2.51. The molecule has 1 atom stereocenters. The van der Waals surface area contributed by atoms with Crippen molar-refractivity contribution in [1.29, 1.82) is 5.26 Å². The minimum atomic E-state index is -2.32. The molecule has 0 radical (unpaired) electrons. The summed E-state index contributed by atoms with van der Waals surface area (Å²) < 4.78 is 4.94. The van der Waals surface area contributed by atoms with E-state index in [4.69, 9.17) is 4.74 Å². The van der Waals surface area contributed by atoms with Crippen molar-refractivity contribution in [3.8, 4) is 6.07 Å². The molecule has 0 saturated carbocycles. The fraction of sp³-hybridized carbons (Fsp3) is 0.167. The zero-order valence-electron chi connectivity index (χ0n) is 13.3. The molecule has 0 aromatic heterocycles. The van der Waals surface area contributed by atoms with Crippen LogP contribution < -0.4 is 0 Å².